The van der Waals surface area contributed by atoms with Gasteiger partial charge in [-0.3, -0.25) is 25.2 Å². The molecule has 0 unspecified atom stereocenters. The maximum absolute atomic E-state index is 12.1. The fourth-order valence-electron chi connectivity index (χ4n) is 2.00. The Morgan fingerprint density at radius 2 is 1.77 bits per heavy atom. The van der Waals surface area contributed by atoms with Crippen LogP contribution in [0.5, 0.6) is 0 Å². The molecule has 1 aromatic heterocycles. The Morgan fingerprint density at radius 3 is 2.41 bits per heavy atom. The molecule has 1 aromatic carbocycles. The lowest BCUT2D eigenvalue weighted by Crippen LogP contribution is -2.43. The van der Waals surface area contributed by atoms with E-state index >= 15 is 0 Å². The third kappa shape index (κ3) is 3.69. The largest absolute Gasteiger partial charge is 0.290 e. The second-order valence-electron chi connectivity index (χ2n) is 6.19. The lowest BCUT2D eigenvalue weighted by molar-refractivity contribution is -0.123. The number of aromatic nitrogens is 2. The minimum absolute atomic E-state index is 0.0475. The van der Waals surface area contributed by atoms with Crippen molar-refractivity contribution in [3.05, 3.63) is 40.3 Å². The number of carbonyl (C=O) groups is 2. The second-order valence-corrected chi connectivity index (χ2v) is 6.19. The molecule has 2 rings (SSSR count). The van der Waals surface area contributed by atoms with Gasteiger partial charge in [-0.15, -0.1) is 0 Å². The highest BCUT2D eigenvalue weighted by Gasteiger charge is 2.18. The van der Waals surface area contributed by atoms with Crippen molar-refractivity contribution in [2.24, 2.45) is 5.41 Å². The van der Waals surface area contributed by atoms with Gasteiger partial charge >= 0.3 is 0 Å². The lowest BCUT2D eigenvalue weighted by atomic mass is 9.92. The minimum Gasteiger partial charge on any atom is -0.273 e. The summed E-state index contributed by atoms with van der Waals surface area (Å²) in [4.78, 5) is 35.5. The summed E-state index contributed by atoms with van der Waals surface area (Å²) in [5.41, 5.74) is 4.15. The van der Waals surface area contributed by atoms with Crippen LogP contribution in [0.15, 0.2) is 29.1 Å². The highest BCUT2D eigenvalue weighted by atomic mass is 16.2. The van der Waals surface area contributed by atoms with Crippen molar-refractivity contribution in [3.63, 3.8) is 0 Å². The molecule has 0 radical (unpaired) electrons. The van der Waals surface area contributed by atoms with E-state index in [1.54, 1.807) is 24.3 Å². The number of hydrogen-bond acceptors (Lipinski definition) is 4. The molecule has 0 aliphatic heterocycles. The van der Waals surface area contributed by atoms with E-state index in [-0.39, 0.29) is 29.0 Å². The first-order chi connectivity index (χ1) is 10.3. The Kier molecular flexibility index (Phi) is 4.25. The van der Waals surface area contributed by atoms with E-state index in [0.717, 1.165) is 0 Å². The number of carbonyl (C=O) groups excluding carboxylic acids is 2. The standard InChI is InChI=1S/C15H18N4O3/c1-15(2,3)8-11(20)16-19-14(22)12-9-6-4-5-7-10(9)13(21)18-17-12/h4-7H,8H2,1-3H3,(H,16,20)(H,18,21)(H,19,22). The summed E-state index contributed by atoms with van der Waals surface area (Å²) in [6.07, 6.45) is 0.271. The van der Waals surface area contributed by atoms with Crippen LogP contribution in [0.1, 0.15) is 37.7 Å². The molecule has 3 N–H and O–H groups in total. The predicted molar refractivity (Wildman–Crippen MR) is 82.0 cm³/mol. The molecule has 0 aliphatic rings. The van der Waals surface area contributed by atoms with E-state index in [1.165, 1.54) is 0 Å². The first-order valence-electron chi connectivity index (χ1n) is 6.84. The number of benzene rings is 1. The van der Waals surface area contributed by atoms with Crippen LogP contribution < -0.4 is 16.4 Å². The Morgan fingerprint density at radius 1 is 1.14 bits per heavy atom. The van der Waals surface area contributed by atoms with E-state index in [2.05, 4.69) is 21.0 Å². The van der Waals surface area contributed by atoms with E-state index in [1.807, 2.05) is 20.8 Å². The van der Waals surface area contributed by atoms with Gasteiger partial charge in [-0.2, -0.15) is 5.10 Å². The molecule has 22 heavy (non-hydrogen) atoms. The van der Waals surface area contributed by atoms with Gasteiger partial charge in [0, 0.05) is 11.8 Å². The van der Waals surface area contributed by atoms with Gasteiger partial charge in [-0.25, -0.2) is 5.10 Å². The number of rotatable bonds is 2. The van der Waals surface area contributed by atoms with Gasteiger partial charge in [0.15, 0.2) is 5.69 Å². The maximum Gasteiger partial charge on any atom is 0.290 e. The van der Waals surface area contributed by atoms with Gasteiger partial charge < -0.3 is 0 Å². The summed E-state index contributed by atoms with van der Waals surface area (Å²) in [6, 6.07) is 6.64. The molecule has 1 heterocycles. The molecule has 7 nitrogen and oxygen atoms in total. The van der Waals surface area contributed by atoms with Gasteiger partial charge in [0.2, 0.25) is 5.91 Å². The van der Waals surface area contributed by atoms with Gasteiger partial charge in [0.1, 0.15) is 0 Å². The van der Waals surface area contributed by atoms with E-state index < -0.39 is 5.91 Å². The van der Waals surface area contributed by atoms with Crippen molar-refractivity contribution < 1.29 is 9.59 Å². The fourth-order valence-corrected chi connectivity index (χ4v) is 2.00. The van der Waals surface area contributed by atoms with Crippen LogP contribution in [0.4, 0.5) is 0 Å². The van der Waals surface area contributed by atoms with Crippen LogP contribution >= 0.6 is 0 Å². The SMILES string of the molecule is CC(C)(C)CC(=O)NNC(=O)c1n[nH]c(=O)c2ccccc12. The molecular weight excluding hydrogens is 284 g/mol. The number of fused-ring (bicyclic) bond motifs is 1. The molecular formula is C15H18N4O3. The van der Waals surface area contributed by atoms with Gasteiger partial charge in [-0.05, 0) is 11.5 Å². The van der Waals surface area contributed by atoms with Crippen molar-refractivity contribution in [1.29, 1.82) is 0 Å². The number of hydrazine groups is 1. The van der Waals surface area contributed by atoms with Gasteiger partial charge in [0.25, 0.3) is 11.5 Å². The second kappa shape index (κ2) is 5.97. The Balaban J connectivity index is 2.16. The van der Waals surface area contributed by atoms with E-state index in [0.29, 0.717) is 10.8 Å². The van der Waals surface area contributed by atoms with Crippen LogP contribution in [0.3, 0.4) is 0 Å². The summed E-state index contributed by atoms with van der Waals surface area (Å²) in [6.45, 7) is 5.77. The van der Waals surface area contributed by atoms with E-state index in [9.17, 15) is 14.4 Å². The first kappa shape index (κ1) is 15.7. The third-order valence-corrected chi connectivity index (χ3v) is 2.92. The number of aromatic amines is 1. The van der Waals surface area contributed by atoms with Crippen molar-refractivity contribution in [1.82, 2.24) is 21.0 Å². The number of H-pyrrole nitrogens is 1. The topological polar surface area (TPSA) is 104 Å². The van der Waals surface area contributed by atoms with Crippen molar-refractivity contribution in [3.8, 4) is 0 Å². The van der Waals surface area contributed by atoms with Gasteiger partial charge in [0.05, 0.1) is 5.39 Å². The molecule has 0 aliphatic carbocycles. The molecule has 2 amide bonds. The summed E-state index contributed by atoms with van der Waals surface area (Å²) in [7, 11) is 0. The minimum atomic E-state index is -0.588. The zero-order valence-corrected chi connectivity index (χ0v) is 12.7. The molecule has 116 valence electrons. The van der Waals surface area contributed by atoms with Crippen LogP contribution in [0.25, 0.3) is 10.8 Å². The summed E-state index contributed by atoms with van der Waals surface area (Å²) in [5.74, 6) is -0.885. The molecule has 0 saturated heterocycles. The molecule has 7 heteroatoms. The van der Waals surface area contributed by atoms with E-state index in [4.69, 9.17) is 0 Å². The highest BCUT2D eigenvalue weighted by Crippen LogP contribution is 2.17. The van der Waals surface area contributed by atoms with Gasteiger partial charge in [-0.1, -0.05) is 39.0 Å². The molecule has 0 saturated carbocycles. The zero-order chi connectivity index (χ0) is 16.3. The fraction of sp³-hybridized carbons (Fsp3) is 0.333. The van der Waals surface area contributed by atoms with Crippen molar-refractivity contribution in [2.45, 2.75) is 27.2 Å². The molecule has 0 fully saturated rings. The maximum atomic E-state index is 12.1. The average Bonchev–Trinajstić information content (AvgIpc) is 2.44. The number of amides is 2. The number of nitrogens with one attached hydrogen (secondary N) is 3. The Labute approximate surface area is 127 Å². The van der Waals surface area contributed by atoms with Crippen LogP contribution in [-0.2, 0) is 4.79 Å². The zero-order valence-electron chi connectivity index (χ0n) is 12.7. The number of hydrogen-bond donors (Lipinski definition) is 3. The highest BCUT2D eigenvalue weighted by molar-refractivity contribution is 6.05. The molecule has 0 bridgehead atoms. The summed E-state index contributed by atoms with van der Waals surface area (Å²) in [5, 5.41) is 6.82. The van der Waals surface area contributed by atoms with Crippen molar-refractivity contribution in [2.75, 3.05) is 0 Å². The quantitative estimate of drug-likeness (QED) is 0.723. The summed E-state index contributed by atoms with van der Waals surface area (Å²) < 4.78 is 0. The predicted octanol–water partition coefficient (Wildman–Crippen LogP) is 1.12. The molecule has 0 spiro atoms. The smallest absolute Gasteiger partial charge is 0.273 e. The monoisotopic (exact) mass is 302 g/mol. The Bertz CT molecular complexity index is 774. The third-order valence-electron chi connectivity index (χ3n) is 2.92. The lowest BCUT2D eigenvalue weighted by Gasteiger charge is -2.17. The first-order valence-corrected chi connectivity index (χ1v) is 6.84. The van der Waals surface area contributed by atoms with Crippen molar-refractivity contribution >= 4 is 22.6 Å². The normalized spacial score (nSPS) is 11.2. The molecule has 0 atom stereocenters. The summed E-state index contributed by atoms with van der Waals surface area (Å²) >= 11 is 0. The number of nitrogens with zero attached hydrogens (tertiary/aromatic N) is 1. The van der Waals surface area contributed by atoms with Crippen LogP contribution in [0.2, 0.25) is 0 Å². The molecule has 2 aromatic rings. The van der Waals surface area contributed by atoms with Crippen LogP contribution in [-0.4, -0.2) is 22.0 Å². The Hall–Kier alpha value is -2.70. The average molecular weight is 302 g/mol. The van der Waals surface area contributed by atoms with Crippen LogP contribution in [0, 0.1) is 5.41 Å².